The van der Waals surface area contributed by atoms with Crippen LogP contribution in [0.15, 0.2) is 48.7 Å². The number of hydrogen-bond acceptors (Lipinski definition) is 5. The summed E-state index contributed by atoms with van der Waals surface area (Å²) >= 11 is 0. The fraction of sp³-hybridized carbons (Fsp3) is 0.222. The molecule has 6 heteroatoms. The minimum Gasteiger partial charge on any atom is -0.470 e. The Morgan fingerprint density at radius 1 is 1.00 bits per heavy atom. The molecule has 120 valence electrons. The minimum absolute atomic E-state index is 0.220. The summed E-state index contributed by atoms with van der Waals surface area (Å²) in [5.41, 5.74) is 1.61. The van der Waals surface area contributed by atoms with Gasteiger partial charge >= 0.3 is 0 Å². The molecule has 0 saturated carbocycles. The van der Waals surface area contributed by atoms with Gasteiger partial charge in [0.25, 0.3) is 0 Å². The lowest BCUT2D eigenvalue weighted by molar-refractivity contribution is 0.288. The average molecular weight is 319 g/mol. The van der Waals surface area contributed by atoms with Crippen LogP contribution < -0.4 is 4.74 Å². The fourth-order valence-corrected chi connectivity index (χ4v) is 2.66. The molecule has 0 spiro atoms. The average Bonchev–Trinajstić information content (AvgIpc) is 3.05. The maximum Gasteiger partial charge on any atom is 0.240 e. The molecule has 4 aromatic rings. The molecule has 0 aliphatic rings. The van der Waals surface area contributed by atoms with E-state index in [-0.39, 0.29) is 5.92 Å². The van der Waals surface area contributed by atoms with Crippen molar-refractivity contribution >= 4 is 16.4 Å². The maximum absolute atomic E-state index is 5.97. The normalized spacial score (nSPS) is 11.5. The summed E-state index contributed by atoms with van der Waals surface area (Å²) in [6, 6.07) is 13.7. The number of aromatic nitrogens is 5. The van der Waals surface area contributed by atoms with Gasteiger partial charge in [0.15, 0.2) is 11.5 Å². The predicted octanol–water partition coefficient (Wildman–Crippen LogP) is 3.37. The third-order valence-corrected chi connectivity index (χ3v) is 3.85. The second-order valence-electron chi connectivity index (χ2n) is 5.91. The Bertz CT molecular complexity index is 994. The van der Waals surface area contributed by atoms with E-state index in [1.807, 2.05) is 42.5 Å². The van der Waals surface area contributed by atoms with Crippen molar-refractivity contribution in [3.05, 3.63) is 60.2 Å². The first-order valence-corrected chi connectivity index (χ1v) is 7.91. The van der Waals surface area contributed by atoms with Crippen molar-refractivity contribution in [2.45, 2.75) is 26.4 Å². The van der Waals surface area contributed by atoms with Gasteiger partial charge < -0.3 is 4.74 Å². The highest BCUT2D eigenvalue weighted by Gasteiger charge is 2.16. The summed E-state index contributed by atoms with van der Waals surface area (Å²) in [5.74, 6) is 1.60. The van der Waals surface area contributed by atoms with Gasteiger partial charge in [-0.25, -0.2) is 0 Å². The molecule has 4 rings (SSSR count). The van der Waals surface area contributed by atoms with Gasteiger partial charge in [0.1, 0.15) is 6.61 Å². The summed E-state index contributed by atoms with van der Waals surface area (Å²) < 4.78 is 7.75. The lowest BCUT2D eigenvalue weighted by atomic mass is 10.2. The summed E-state index contributed by atoms with van der Waals surface area (Å²) in [4.78, 5) is 4.29. The van der Waals surface area contributed by atoms with Crippen LogP contribution in [0, 0.1) is 0 Å². The summed E-state index contributed by atoms with van der Waals surface area (Å²) in [5, 5.41) is 15.1. The van der Waals surface area contributed by atoms with Crippen LogP contribution in [0.25, 0.3) is 16.4 Å². The molecule has 0 saturated heterocycles. The first kappa shape index (κ1) is 14.6. The summed E-state index contributed by atoms with van der Waals surface area (Å²) in [6.07, 6.45) is 1.75. The molecule has 0 fully saturated rings. The second kappa shape index (κ2) is 5.88. The Morgan fingerprint density at radius 2 is 1.79 bits per heavy atom. The van der Waals surface area contributed by atoms with Gasteiger partial charge in [-0.05, 0) is 18.2 Å². The molecule has 0 bridgehead atoms. The Labute approximate surface area is 139 Å². The number of ether oxygens (including phenoxy) is 1. The highest BCUT2D eigenvalue weighted by molar-refractivity contribution is 5.96. The van der Waals surface area contributed by atoms with Crippen LogP contribution in [0.2, 0.25) is 0 Å². The summed E-state index contributed by atoms with van der Waals surface area (Å²) in [6.45, 7) is 4.51. The standard InChI is InChI=1S/C18H17N5O/c1-12(2)16-20-21-17-14-8-3-4-9-15(14)18(22-23(16)17)24-11-13-7-5-6-10-19-13/h3-10,12H,11H2,1-2H3. The molecule has 3 aromatic heterocycles. The molecule has 0 atom stereocenters. The Kier molecular flexibility index (Phi) is 3.57. The molecule has 0 unspecified atom stereocenters. The minimum atomic E-state index is 0.220. The van der Waals surface area contributed by atoms with Gasteiger partial charge in [-0.3, -0.25) is 4.98 Å². The fourth-order valence-electron chi connectivity index (χ4n) is 2.66. The molecule has 24 heavy (non-hydrogen) atoms. The Morgan fingerprint density at radius 3 is 2.54 bits per heavy atom. The number of nitrogens with zero attached hydrogens (tertiary/aromatic N) is 5. The predicted molar refractivity (Wildman–Crippen MR) is 90.9 cm³/mol. The number of benzene rings is 1. The highest BCUT2D eigenvalue weighted by Crippen LogP contribution is 2.28. The zero-order valence-corrected chi connectivity index (χ0v) is 13.5. The van der Waals surface area contributed by atoms with Crippen molar-refractivity contribution in [1.29, 1.82) is 0 Å². The number of rotatable bonds is 4. The first-order chi connectivity index (χ1) is 11.7. The zero-order chi connectivity index (χ0) is 16.5. The second-order valence-corrected chi connectivity index (χ2v) is 5.91. The SMILES string of the molecule is CC(C)c1nnc2c3ccccc3c(OCc3ccccn3)nn12. The van der Waals surface area contributed by atoms with Crippen LogP contribution in [-0.2, 0) is 6.61 Å². The topological polar surface area (TPSA) is 65.2 Å². The van der Waals surface area contributed by atoms with Crippen molar-refractivity contribution in [1.82, 2.24) is 24.8 Å². The van der Waals surface area contributed by atoms with Crippen LogP contribution in [0.1, 0.15) is 31.3 Å². The van der Waals surface area contributed by atoms with Gasteiger partial charge in [-0.2, -0.15) is 4.52 Å². The third kappa shape index (κ3) is 2.46. The molecule has 0 radical (unpaired) electrons. The lowest BCUT2D eigenvalue weighted by Gasteiger charge is -2.10. The maximum atomic E-state index is 5.97. The highest BCUT2D eigenvalue weighted by atomic mass is 16.5. The molecule has 6 nitrogen and oxygen atoms in total. The van der Waals surface area contributed by atoms with Crippen molar-refractivity contribution in [2.75, 3.05) is 0 Å². The van der Waals surface area contributed by atoms with E-state index in [9.17, 15) is 0 Å². The van der Waals surface area contributed by atoms with Gasteiger partial charge in [0.2, 0.25) is 5.88 Å². The lowest BCUT2D eigenvalue weighted by Crippen LogP contribution is -2.06. The number of pyridine rings is 1. The zero-order valence-electron chi connectivity index (χ0n) is 13.5. The molecular formula is C18H17N5O. The van der Waals surface area contributed by atoms with Gasteiger partial charge in [-0.1, -0.05) is 38.1 Å². The third-order valence-electron chi connectivity index (χ3n) is 3.85. The Hall–Kier alpha value is -3.02. The van der Waals surface area contributed by atoms with E-state index < -0.39 is 0 Å². The van der Waals surface area contributed by atoms with Crippen molar-refractivity contribution in [3.8, 4) is 5.88 Å². The molecule has 0 aliphatic heterocycles. The van der Waals surface area contributed by atoms with Crippen LogP contribution in [-0.4, -0.2) is 24.8 Å². The van der Waals surface area contributed by atoms with Crippen LogP contribution in [0.3, 0.4) is 0 Å². The van der Waals surface area contributed by atoms with Crippen LogP contribution in [0.5, 0.6) is 5.88 Å². The number of hydrogen-bond donors (Lipinski definition) is 0. The molecule has 0 N–H and O–H groups in total. The van der Waals surface area contributed by atoms with E-state index in [1.165, 1.54) is 0 Å². The van der Waals surface area contributed by atoms with E-state index in [4.69, 9.17) is 4.74 Å². The quantitative estimate of drug-likeness (QED) is 0.577. The van der Waals surface area contributed by atoms with E-state index in [0.29, 0.717) is 12.5 Å². The monoisotopic (exact) mass is 319 g/mol. The van der Waals surface area contributed by atoms with E-state index in [0.717, 1.165) is 27.9 Å². The van der Waals surface area contributed by atoms with E-state index in [1.54, 1.807) is 10.7 Å². The van der Waals surface area contributed by atoms with Crippen molar-refractivity contribution in [2.24, 2.45) is 0 Å². The Balaban J connectivity index is 1.84. The molecule has 3 heterocycles. The van der Waals surface area contributed by atoms with Gasteiger partial charge in [0, 0.05) is 22.9 Å². The van der Waals surface area contributed by atoms with Gasteiger partial charge in [-0.15, -0.1) is 15.3 Å². The number of fused-ring (bicyclic) bond motifs is 3. The van der Waals surface area contributed by atoms with Crippen LogP contribution in [0.4, 0.5) is 0 Å². The molecular weight excluding hydrogens is 302 g/mol. The van der Waals surface area contributed by atoms with Crippen molar-refractivity contribution < 1.29 is 4.74 Å². The van der Waals surface area contributed by atoms with Crippen LogP contribution >= 0.6 is 0 Å². The largest absolute Gasteiger partial charge is 0.470 e. The molecule has 0 aliphatic carbocycles. The van der Waals surface area contributed by atoms with E-state index >= 15 is 0 Å². The van der Waals surface area contributed by atoms with E-state index in [2.05, 4.69) is 34.1 Å². The summed E-state index contributed by atoms with van der Waals surface area (Å²) in [7, 11) is 0. The van der Waals surface area contributed by atoms with Crippen molar-refractivity contribution in [3.63, 3.8) is 0 Å². The molecule has 0 amide bonds. The molecule has 1 aromatic carbocycles. The van der Waals surface area contributed by atoms with Gasteiger partial charge in [0.05, 0.1) is 5.69 Å². The smallest absolute Gasteiger partial charge is 0.240 e. The first-order valence-electron chi connectivity index (χ1n) is 7.91.